The number of nitrogens with one attached hydrogen (secondary N) is 1. The molecule has 0 spiro atoms. The molecule has 6 nitrogen and oxygen atoms in total. The molecule has 0 aliphatic carbocycles. The summed E-state index contributed by atoms with van der Waals surface area (Å²) in [6.45, 7) is 0.245. The van der Waals surface area contributed by atoms with Crippen molar-refractivity contribution >= 4 is 11.6 Å². The highest BCUT2D eigenvalue weighted by atomic mass is 19.1. The van der Waals surface area contributed by atoms with Gasteiger partial charge in [-0.3, -0.25) is 9.89 Å². The normalized spacial score (nSPS) is 10.3. The lowest BCUT2D eigenvalue weighted by atomic mass is 10.1. The Hall–Kier alpha value is -2.44. The lowest BCUT2D eigenvalue weighted by molar-refractivity contribution is 0.0782. The number of carbonyl (C=O) groups excluding carboxylic acids is 1. The quantitative estimate of drug-likeness (QED) is 0.787. The van der Waals surface area contributed by atoms with Gasteiger partial charge in [-0.25, -0.2) is 9.37 Å². The molecule has 0 atom stereocenters. The number of carbonyl (C=O) groups is 1. The summed E-state index contributed by atoms with van der Waals surface area (Å²) in [5, 5.41) is 6.32. The molecule has 2 aromatic rings. The van der Waals surface area contributed by atoms with Gasteiger partial charge in [0.25, 0.3) is 5.91 Å². The number of nitrogens with two attached hydrogens (primary N) is 1. The molecule has 1 aromatic heterocycles. The highest BCUT2D eigenvalue weighted by Gasteiger charge is 2.17. The van der Waals surface area contributed by atoms with Crippen LogP contribution in [0.15, 0.2) is 24.5 Å². The van der Waals surface area contributed by atoms with Crippen LogP contribution >= 0.6 is 0 Å². The number of para-hydroxylation sites is 1. The first-order chi connectivity index (χ1) is 8.59. The molecule has 0 saturated heterocycles. The topological polar surface area (TPSA) is 87.9 Å². The summed E-state index contributed by atoms with van der Waals surface area (Å²) in [6.07, 6.45) is 1.35. The van der Waals surface area contributed by atoms with Crippen LogP contribution in [-0.2, 0) is 6.54 Å². The van der Waals surface area contributed by atoms with Crippen LogP contribution in [0.3, 0.4) is 0 Å². The lowest BCUT2D eigenvalue weighted by Crippen LogP contribution is -2.27. The molecule has 1 heterocycles. The fourth-order valence-electron chi connectivity index (χ4n) is 1.53. The third kappa shape index (κ3) is 2.29. The van der Waals surface area contributed by atoms with E-state index in [2.05, 4.69) is 15.2 Å². The number of nitrogen functional groups attached to an aromatic ring is 1. The molecule has 0 bridgehead atoms. The van der Waals surface area contributed by atoms with Crippen LogP contribution in [0.4, 0.5) is 10.1 Å². The van der Waals surface area contributed by atoms with Gasteiger partial charge < -0.3 is 10.6 Å². The molecule has 0 aliphatic rings. The third-order valence-corrected chi connectivity index (χ3v) is 2.48. The average Bonchev–Trinajstić information content (AvgIpc) is 2.84. The second-order valence-corrected chi connectivity index (χ2v) is 3.79. The molecule has 7 heteroatoms. The molecule has 94 valence electrons. The molecule has 1 amide bonds. The number of benzene rings is 1. The Morgan fingerprint density at radius 2 is 2.33 bits per heavy atom. The zero-order chi connectivity index (χ0) is 13.1. The van der Waals surface area contributed by atoms with E-state index in [1.165, 1.54) is 29.4 Å². The number of aromatic nitrogens is 3. The Balaban J connectivity index is 2.18. The van der Waals surface area contributed by atoms with Crippen LogP contribution < -0.4 is 5.73 Å². The van der Waals surface area contributed by atoms with E-state index in [4.69, 9.17) is 5.73 Å². The monoisotopic (exact) mass is 249 g/mol. The van der Waals surface area contributed by atoms with E-state index in [9.17, 15) is 9.18 Å². The van der Waals surface area contributed by atoms with E-state index in [0.717, 1.165) is 0 Å². The van der Waals surface area contributed by atoms with Gasteiger partial charge in [-0.05, 0) is 12.1 Å². The molecular formula is C11H12FN5O. The molecule has 1 aromatic carbocycles. The van der Waals surface area contributed by atoms with Crippen molar-refractivity contribution in [2.24, 2.45) is 0 Å². The Morgan fingerprint density at radius 1 is 1.56 bits per heavy atom. The predicted molar refractivity (Wildman–Crippen MR) is 63.0 cm³/mol. The van der Waals surface area contributed by atoms with Crippen molar-refractivity contribution in [3.05, 3.63) is 41.7 Å². The Kier molecular flexibility index (Phi) is 3.22. The van der Waals surface area contributed by atoms with Gasteiger partial charge in [-0.1, -0.05) is 6.07 Å². The fourth-order valence-corrected chi connectivity index (χ4v) is 1.53. The van der Waals surface area contributed by atoms with Gasteiger partial charge >= 0.3 is 0 Å². The van der Waals surface area contributed by atoms with Crippen molar-refractivity contribution in [3.8, 4) is 0 Å². The standard InChI is InChI=1S/C11H12FN5O/c1-17(5-9-14-6-15-16-9)11(18)7-3-2-4-8(12)10(7)13/h2-4,6H,5,13H2,1H3,(H,14,15,16). The summed E-state index contributed by atoms with van der Waals surface area (Å²) >= 11 is 0. The van der Waals surface area contributed by atoms with Gasteiger partial charge in [0, 0.05) is 7.05 Å². The minimum atomic E-state index is -0.603. The second kappa shape index (κ2) is 4.82. The van der Waals surface area contributed by atoms with Crippen molar-refractivity contribution in [1.29, 1.82) is 0 Å². The molecular weight excluding hydrogens is 237 g/mol. The first-order valence-corrected chi connectivity index (χ1v) is 5.23. The zero-order valence-electron chi connectivity index (χ0n) is 9.72. The van der Waals surface area contributed by atoms with Gasteiger partial charge in [0.1, 0.15) is 18.0 Å². The number of nitrogens with zero attached hydrogens (tertiary/aromatic N) is 3. The Bertz CT molecular complexity index is 555. The van der Waals surface area contributed by atoms with Crippen molar-refractivity contribution in [2.45, 2.75) is 6.54 Å². The van der Waals surface area contributed by atoms with Crippen LogP contribution in [0.2, 0.25) is 0 Å². The van der Waals surface area contributed by atoms with Gasteiger partial charge in [-0.2, -0.15) is 5.10 Å². The number of amides is 1. The Morgan fingerprint density at radius 3 is 3.00 bits per heavy atom. The summed E-state index contributed by atoms with van der Waals surface area (Å²) in [5.41, 5.74) is 5.53. The largest absolute Gasteiger partial charge is 0.396 e. The van der Waals surface area contributed by atoms with E-state index in [1.807, 2.05) is 0 Å². The number of hydrogen-bond acceptors (Lipinski definition) is 4. The van der Waals surface area contributed by atoms with E-state index in [-0.39, 0.29) is 23.7 Å². The molecule has 0 aliphatic heterocycles. The number of aromatic amines is 1. The molecule has 0 unspecified atom stereocenters. The maximum Gasteiger partial charge on any atom is 0.256 e. The van der Waals surface area contributed by atoms with Crippen LogP contribution in [0.1, 0.15) is 16.2 Å². The highest BCUT2D eigenvalue weighted by Crippen LogP contribution is 2.17. The van der Waals surface area contributed by atoms with Crippen molar-refractivity contribution in [2.75, 3.05) is 12.8 Å². The van der Waals surface area contributed by atoms with Crippen LogP contribution in [0, 0.1) is 5.82 Å². The van der Waals surface area contributed by atoms with Gasteiger partial charge in [0.15, 0.2) is 0 Å². The smallest absolute Gasteiger partial charge is 0.256 e. The van der Waals surface area contributed by atoms with E-state index in [0.29, 0.717) is 5.82 Å². The number of halogens is 1. The lowest BCUT2D eigenvalue weighted by Gasteiger charge is -2.16. The first-order valence-electron chi connectivity index (χ1n) is 5.23. The summed E-state index contributed by atoms with van der Waals surface area (Å²) < 4.78 is 13.3. The molecule has 2 rings (SSSR count). The summed E-state index contributed by atoms with van der Waals surface area (Å²) in [5.74, 6) is -0.432. The molecule has 18 heavy (non-hydrogen) atoms. The maximum atomic E-state index is 13.3. The summed E-state index contributed by atoms with van der Waals surface area (Å²) in [6, 6.07) is 4.14. The molecule has 0 radical (unpaired) electrons. The first kappa shape index (κ1) is 12.0. The second-order valence-electron chi connectivity index (χ2n) is 3.79. The molecule has 0 saturated carbocycles. The molecule has 3 N–H and O–H groups in total. The fraction of sp³-hybridized carbons (Fsp3) is 0.182. The van der Waals surface area contributed by atoms with Gasteiger partial charge in [0.05, 0.1) is 17.8 Å². The van der Waals surface area contributed by atoms with Crippen LogP contribution in [0.25, 0.3) is 0 Å². The van der Waals surface area contributed by atoms with Crippen LogP contribution in [0.5, 0.6) is 0 Å². The summed E-state index contributed by atoms with van der Waals surface area (Å²) in [4.78, 5) is 17.3. The zero-order valence-corrected chi connectivity index (χ0v) is 9.72. The number of H-pyrrole nitrogens is 1. The maximum absolute atomic E-state index is 13.3. The Labute approximate surface area is 103 Å². The summed E-state index contributed by atoms with van der Waals surface area (Å²) in [7, 11) is 1.58. The van der Waals surface area contributed by atoms with Gasteiger partial charge in [0.2, 0.25) is 0 Å². The van der Waals surface area contributed by atoms with Crippen molar-refractivity contribution in [3.63, 3.8) is 0 Å². The predicted octanol–water partition coefficient (Wildman–Crippen LogP) is 0.798. The van der Waals surface area contributed by atoms with E-state index < -0.39 is 5.82 Å². The third-order valence-electron chi connectivity index (χ3n) is 2.48. The SMILES string of the molecule is CN(Cc1ncn[nH]1)C(=O)c1cccc(F)c1N. The highest BCUT2D eigenvalue weighted by molar-refractivity contribution is 5.99. The van der Waals surface area contributed by atoms with E-state index in [1.54, 1.807) is 7.05 Å². The van der Waals surface area contributed by atoms with Crippen molar-refractivity contribution in [1.82, 2.24) is 20.1 Å². The minimum Gasteiger partial charge on any atom is -0.396 e. The van der Waals surface area contributed by atoms with E-state index >= 15 is 0 Å². The van der Waals surface area contributed by atoms with Gasteiger partial charge in [-0.15, -0.1) is 0 Å². The average molecular weight is 249 g/mol. The number of hydrogen-bond donors (Lipinski definition) is 2. The molecule has 0 fully saturated rings. The number of anilines is 1. The minimum absolute atomic E-state index is 0.136. The van der Waals surface area contributed by atoms with Crippen molar-refractivity contribution < 1.29 is 9.18 Å². The van der Waals surface area contributed by atoms with Crippen LogP contribution in [-0.4, -0.2) is 33.0 Å². The number of rotatable bonds is 3.